The molecule has 2 aromatic heterocycles. The second-order valence-electron chi connectivity index (χ2n) is 11.1. The Bertz CT molecular complexity index is 1340. The van der Waals surface area contributed by atoms with Gasteiger partial charge in [-0.05, 0) is 96.6 Å². The molecule has 3 heterocycles. The van der Waals surface area contributed by atoms with Crippen molar-refractivity contribution in [2.24, 2.45) is 0 Å². The van der Waals surface area contributed by atoms with E-state index in [1.807, 2.05) is 12.4 Å². The number of rotatable bonds is 11. The summed E-state index contributed by atoms with van der Waals surface area (Å²) in [5.41, 5.74) is 13.5. The van der Waals surface area contributed by atoms with Crippen molar-refractivity contribution in [3.05, 3.63) is 83.6 Å². The maximum absolute atomic E-state index is 13.6. The molecule has 1 fully saturated rings. The molecule has 3 aromatic rings. The fourth-order valence-electron chi connectivity index (χ4n) is 5.22. The van der Waals surface area contributed by atoms with Crippen molar-refractivity contribution < 1.29 is 4.39 Å². The number of allylic oxidation sites excluding steroid dienone is 5. The third kappa shape index (κ3) is 8.21. The third-order valence-corrected chi connectivity index (χ3v) is 7.60. The molecule has 0 amide bonds. The molecule has 2 N–H and O–H groups in total. The van der Waals surface area contributed by atoms with Gasteiger partial charge < -0.3 is 10.3 Å². The normalized spacial score (nSPS) is 15.4. The maximum Gasteiger partial charge on any atom is 0.220 e. The number of likely N-dealkylation sites (tertiary alicyclic amines) is 1. The molecule has 1 aliphatic rings. The van der Waals surface area contributed by atoms with E-state index < -0.39 is 0 Å². The van der Waals surface area contributed by atoms with E-state index in [0.29, 0.717) is 6.04 Å². The van der Waals surface area contributed by atoms with Gasteiger partial charge >= 0.3 is 0 Å². The van der Waals surface area contributed by atoms with Crippen molar-refractivity contribution in [3.8, 4) is 22.6 Å². The first-order valence-corrected chi connectivity index (χ1v) is 14.4. The van der Waals surface area contributed by atoms with Gasteiger partial charge in [0, 0.05) is 37.4 Å². The van der Waals surface area contributed by atoms with E-state index in [9.17, 15) is 4.39 Å². The molecule has 0 aliphatic carbocycles. The minimum absolute atomic E-state index is 0.224. The van der Waals surface area contributed by atoms with Gasteiger partial charge in [0.1, 0.15) is 5.82 Å². The van der Waals surface area contributed by atoms with Crippen LogP contribution in [0.3, 0.4) is 0 Å². The summed E-state index contributed by atoms with van der Waals surface area (Å²) in [4.78, 5) is 15.8. The van der Waals surface area contributed by atoms with Crippen LogP contribution in [0.5, 0.6) is 0 Å². The number of piperidine rings is 1. The molecule has 0 spiro atoms. The van der Waals surface area contributed by atoms with E-state index in [1.54, 1.807) is 18.3 Å². The minimum Gasteiger partial charge on any atom is -0.368 e. The summed E-state index contributed by atoms with van der Waals surface area (Å²) in [7, 11) is 0. The predicted molar refractivity (Wildman–Crippen MR) is 163 cm³/mol. The van der Waals surface area contributed by atoms with Crippen LogP contribution < -0.4 is 5.73 Å². The van der Waals surface area contributed by atoms with Crippen molar-refractivity contribution >= 4 is 5.95 Å². The lowest BCUT2D eigenvalue weighted by atomic mass is 10.0. The second kappa shape index (κ2) is 14.2. The molecule has 0 atom stereocenters. The highest BCUT2D eigenvalue weighted by Crippen LogP contribution is 2.35. The van der Waals surface area contributed by atoms with E-state index in [2.05, 4.69) is 65.4 Å². The molecule has 0 bridgehead atoms. The van der Waals surface area contributed by atoms with Gasteiger partial charge in [0.05, 0.1) is 23.4 Å². The van der Waals surface area contributed by atoms with Crippen LogP contribution in [0, 0.1) is 5.82 Å². The topological polar surface area (TPSA) is 72.9 Å². The van der Waals surface area contributed by atoms with Crippen LogP contribution in [0.15, 0.2) is 77.8 Å². The van der Waals surface area contributed by atoms with Crippen LogP contribution in [0.4, 0.5) is 10.3 Å². The monoisotopic (exact) mass is 542 g/mol. The first-order valence-electron chi connectivity index (χ1n) is 14.4. The summed E-state index contributed by atoms with van der Waals surface area (Å²) in [6, 6.07) is 8.60. The third-order valence-electron chi connectivity index (χ3n) is 7.60. The molecule has 0 radical (unpaired) electrons. The standard InChI is InChI=1S/C33H43FN6/c1-24(2)7-5-8-25(3)9-6-10-26(4)16-20-39-21-17-29(18-22-39)40-23-37-31(27-11-13-28(34)14-12-27)32(40)30-15-19-36-33(35)38-30/h7,9,11-16,19,23,29H,5-6,8,10,17-18,20-22H2,1-4H3,(H2,35,36,38)/b25-9+,26-16+. The van der Waals surface area contributed by atoms with E-state index in [4.69, 9.17) is 10.7 Å². The number of benzene rings is 1. The van der Waals surface area contributed by atoms with Gasteiger partial charge in [0.25, 0.3) is 0 Å². The zero-order valence-electron chi connectivity index (χ0n) is 24.4. The molecule has 0 unspecified atom stereocenters. The lowest BCUT2D eigenvalue weighted by Crippen LogP contribution is -2.34. The zero-order chi connectivity index (χ0) is 28.5. The Hall–Kier alpha value is -3.58. The Morgan fingerprint density at radius 2 is 1.60 bits per heavy atom. The smallest absolute Gasteiger partial charge is 0.220 e. The molecule has 40 heavy (non-hydrogen) atoms. The van der Waals surface area contributed by atoms with Crippen LogP contribution in [-0.2, 0) is 0 Å². The van der Waals surface area contributed by atoms with Crippen molar-refractivity contribution in [1.82, 2.24) is 24.4 Å². The van der Waals surface area contributed by atoms with Crippen molar-refractivity contribution in [2.75, 3.05) is 25.4 Å². The first-order chi connectivity index (χ1) is 19.3. The Kier molecular flexibility index (Phi) is 10.4. The molecule has 1 aromatic carbocycles. The fourth-order valence-corrected chi connectivity index (χ4v) is 5.22. The first kappa shape index (κ1) is 29.4. The van der Waals surface area contributed by atoms with Crippen LogP contribution in [0.25, 0.3) is 22.6 Å². The summed E-state index contributed by atoms with van der Waals surface area (Å²) in [6.07, 6.45) is 17.2. The summed E-state index contributed by atoms with van der Waals surface area (Å²) in [5.74, 6) is -0.0453. The largest absolute Gasteiger partial charge is 0.368 e. The number of nitrogens with two attached hydrogens (primary N) is 1. The number of anilines is 1. The Balaban J connectivity index is 1.37. The lowest BCUT2D eigenvalue weighted by molar-refractivity contribution is 0.203. The maximum atomic E-state index is 13.6. The highest BCUT2D eigenvalue weighted by atomic mass is 19.1. The highest BCUT2D eigenvalue weighted by Gasteiger charge is 2.25. The lowest BCUT2D eigenvalue weighted by Gasteiger charge is -2.32. The van der Waals surface area contributed by atoms with Gasteiger partial charge in [0.15, 0.2) is 0 Å². The average molecular weight is 543 g/mol. The van der Waals surface area contributed by atoms with Crippen LogP contribution in [0.1, 0.15) is 72.3 Å². The van der Waals surface area contributed by atoms with Gasteiger partial charge in [0.2, 0.25) is 5.95 Å². The van der Waals surface area contributed by atoms with Gasteiger partial charge in [-0.15, -0.1) is 0 Å². The van der Waals surface area contributed by atoms with E-state index in [1.165, 1.54) is 28.9 Å². The minimum atomic E-state index is -0.269. The summed E-state index contributed by atoms with van der Waals surface area (Å²) < 4.78 is 15.8. The number of nitrogens with zero attached hydrogens (tertiary/aromatic N) is 5. The zero-order valence-corrected chi connectivity index (χ0v) is 24.4. The van der Waals surface area contributed by atoms with Crippen molar-refractivity contribution in [2.45, 2.75) is 72.3 Å². The molecule has 1 saturated heterocycles. The molecular formula is C33H43FN6. The molecule has 1 aliphatic heterocycles. The highest BCUT2D eigenvalue weighted by molar-refractivity contribution is 5.77. The van der Waals surface area contributed by atoms with Crippen molar-refractivity contribution in [1.29, 1.82) is 0 Å². The number of halogens is 1. The molecule has 212 valence electrons. The second-order valence-corrected chi connectivity index (χ2v) is 11.1. The van der Waals surface area contributed by atoms with E-state index in [0.717, 1.165) is 80.8 Å². The van der Waals surface area contributed by atoms with Gasteiger partial charge in [-0.2, -0.15) is 0 Å². The number of nitrogen functional groups attached to an aromatic ring is 1. The number of hydrogen-bond donors (Lipinski definition) is 1. The van der Waals surface area contributed by atoms with Crippen LogP contribution in [-0.4, -0.2) is 44.1 Å². The predicted octanol–water partition coefficient (Wildman–Crippen LogP) is 7.78. The average Bonchev–Trinajstić information content (AvgIpc) is 3.38. The molecular weight excluding hydrogens is 499 g/mol. The molecule has 4 rings (SSSR count). The number of imidazole rings is 1. The van der Waals surface area contributed by atoms with Crippen LogP contribution in [0.2, 0.25) is 0 Å². The van der Waals surface area contributed by atoms with Gasteiger partial charge in [-0.3, -0.25) is 4.90 Å². The summed E-state index contributed by atoms with van der Waals surface area (Å²) in [6.45, 7) is 11.8. The Morgan fingerprint density at radius 3 is 2.27 bits per heavy atom. The Morgan fingerprint density at radius 1 is 0.925 bits per heavy atom. The summed E-state index contributed by atoms with van der Waals surface area (Å²) >= 11 is 0. The molecule has 7 heteroatoms. The number of hydrogen-bond acceptors (Lipinski definition) is 5. The quantitative estimate of drug-likeness (QED) is 0.250. The van der Waals surface area contributed by atoms with Crippen LogP contribution >= 0.6 is 0 Å². The SMILES string of the molecule is CC(C)=CCC/C(C)=C/CC/C(C)=C/CN1CCC(n2cnc(-c3ccc(F)cc3)c2-c2ccnc(N)n2)CC1. The fraction of sp³-hybridized carbons (Fsp3) is 0.424. The van der Waals surface area contributed by atoms with Gasteiger partial charge in [-0.25, -0.2) is 19.3 Å². The summed E-state index contributed by atoms with van der Waals surface area (Å²) in [5, 5.41) is 0. The molecule has 6 nitrogen and oxygen atoms in total. The van der Waals surface area contributed by atoms with E-state index >= 15 is 0 Å². The Labute approximate surface area is 238 Å². The molecule has 0 saturated carbocycles. The van der Waals surface area contributed by atoms with E-state index in [-0.39, 0.29) is 11.8 Å². The van der Waals surface area contributed by atoms with Gasteiger partial charge in [-0.1, -0.05) is 34.9 Å². The van der Waals surface area contributed by atoms with Crippen molar-refractivity contribution in [3.63, 3.8) is 0 Å². The number of aromatic nitrogens is 4.